The number of carbonyl (C=O) groups is 3. The van der Waals surface area contributed by atoms with E-state index in [1.807, 2.05) is 27.7 Å². The van der Waals surface area contributed by atoms with E-state index in [9.17, 15) is 19.5 Å². The summed E-state index contributed by atoms with van der Waals surface area (Å²) in [4.78, 5) is 36.6. The molecule has 1 amide bonds. The molecule has 7 nitrogen and oxygen atoms in total. The van der Waals surface area contributed by atoms with Crippen molar-refractivity contribution in [3.05, 3.63) is 0 Å². The van der Waals surface area contributed by atoms with E-state index in [0.717, 1.165) is 19.3 Å². The van der Waals surface area contributed by atoms with Crippen LogP contribution in [0, 0.1) is 11.3 Å². The predicted octanol–water partition coefficient (Wildman–Crippen LogP) is 2.65. The minimum Gasteiger partial charge on any atom is -0.481 e. The predicted molar refractivity (Wildman–Crippen MR) is 101 cm³/mol. The number of carbonyl (C=O) groups excluding carboxylic acids is 2. The lowest BCUT2D eigenvalue weighted by Crippen LogP contribution is -2.48. The van der Waals surface area contributed by atoms with E-state index < -0.39 is 29.6 Å². The maximum absolute atomic E-state index is 13.0. The Kier molecular flexibility index (Phi) is 8.72. The fourth-order valence-electron chi connectivity index (χ4n) is 3.79. The maximum atomic E-state index is 13.0. The van der Waals surface area contributed by atoms with Gasteiger partial charge in [-0.2, -0.15) is 0 Å². The molecular formula is C20H35NO6. The molecule has 0 saturated heterocycles. The highest BCUT2D eigenvalue weighted by Crippen LogP contribution is 2.44. The Bertz CT molecular complexity index is 519. The molecule has 1 aliphatic rings. The van der Waals surface area contributed by atoms with Gasteiger partial charge in [-0.25, -0.2) is 0 Å². The second kappa shape index (κ2) is 10.1. The molecule has 0 aromatic heterocycles. The molecule has 1 saturated carbocycles. The van der Waals surface area contributed by atoms with Crippen LogP contribution in [0.3, 0.4) is 0 Å². The Morgan fingerprint density at radius 1 is 1.19 bits per heavy atom. The molecule has 0 spiro atoms. The summed E-state index contributed by atoms with van der Waals surface area (Å²) < 4.78 is 5.55. The van der Waals surface area contributed by atoms with Crippen LogP contribution in [-0.4, -0.2) is 46.3 Å². The van der Waals surface area contributed by atoms with Gasteiger partial charge in [0.05, 0.1) is 30.4 Å². The fraction of sp³-hybridized carbons (Fsp3) is 0.850. The van der Waals surface area contributed by atoms with Gasteiger partial charge in [0.25, 0.3) is 0 Å². The van der Waals surface area contributed by atoms with E-state index >= 15 is 0 Å². The molecule has 1 aliphatic carbocycles. The van der Waals surface area contributed by atoms with E-state index in [-0.39, 0.29) is 24.2 Å². The molecular weight excluding hydrogens is 350 g/mol. The number of hydrogen-bond donors (Lipinski definition) is 3. The Hall–Kier alpha value is -1.63. The lowest BCUT2D eigenvalue weighted by atomic mass is 9.75. The Morgan fingerprint density at radius 2 is 1.78 bits per heavy atom. The first-order valence-corrected chi connectivity index (χ1v) is 9.89. The average molecular weight is 386 g/mol. The van der Waals surface area contributed by atoms with Gasteiger partial charge >= 0.3 is 11.9 Å². The first kappa shape index (κ1) is 23.4. The van der Waals surface area contributed by atoms with Crippen molar-refractivity contribution in [1.29, 1.82) is 0 Å². The van der Waals surface area contributed by atoms with Gasteiger partial charge in [0, 0.05) is 0 Å². The molecule has 7 heteroatoms. The summed E-state index contributed by atoms with van der Waals surface area (Å²) in [5.74, 6) is -1.99. The second-order valence-electron chi connectivity index (χ2n) is 8.66. The average Bonchev–Trinajstić information content (AvgIpc) is 3.01. The zero-order valence-corrected chi connectivity index (χ0v) is 17.0. The lowest BCUT2D eigenvalue weighted by molar-refractivity contribution is -0.162. The van der Waals surface area contributed by atoms with Crippen molar-refractivity contribution in [2.75, 3.05) is 6.61 Å². The molecule has 156 valence electrons. The molecule has 27 heavy (non-hydrogen) atoms. The smallest absolute Gasteiger partial charge is 0.309 e. The van der Waals surface area contributed by atoms with Gasteiger partial charge < -0.3 is 20.3 Å². The van der Waals surface area contributed by atoms with Crippen molar-refractivity contribution in [2.24, 2.45) is 11.3 Å². The van der Waals surface area contributed by atoms with Crippen LogP contribution >= 0.6 is 0 Å². The SMILES string of the molecule is CCC[C@@H](CC1(C(=O)N[C@H](CO)CC(=O)O)CCCC1)C(=O)OC(C)(C)C. The van der Waals surface area contributed by atoms with Crippen LogP contribution in [0.2, 0.25) is 0 Å². The number of amides is 1. The number of rotatable bonds is 10. The van der Waals surface area contributed by atoms with Crippen molar-refractivity contribution < 1.29 is 29.3 Å². The van der Waals surface area contributed by atoms with Gasteiger partial charge in [-0.05, 0) is 46.5 Å². The number of esters is 1. The molecule has 0 radical (unpaired) electrons. The minimum atomic E-state index is -1.08. The molecule has 2 atom stereocenters. The van der Waals surface area contributed by atoms with Gasteiger partial charge in [0.2, 0.25) is 5.91 Å². The van der Waals surface area contributed by atoms with Crippen LogP contribution in [0.1, 0.15) is 79.1 Å². The second-order valence-corrected chi connectivity index (χ2v) is 8.66. The van der Waals surface area contributed by atoms with Crippen LogP contribution in [-0.2, 0) is 19.1 Å². The highest BCUT2D eigenvalue weighted by molar-refractivity contribution is 5.85. The summed E-state index contributed by atoms with van der Waals surface area (Å²) in [5, 5.41) is 21.0. The zero-order valence-electron chi connectivity index (χ0n) is 17.0. The lowest BCUT2D eigenvalue weighted by Gasteiger charge is -2.33. The summed E-state index contributed by atoms with van der Waals surface area (Å²) in [6.07, 6.45) is 4.62. The summed E-state index contributed by atoms with van der Waals surface area (Å²) in [5.41, 5.74) is -1.29. The molecule has 0 heterocycles. The van der Waals surface area contributed by atoms with E-state index in [2.05, 4.69) is 5.32 Å². The molecule has 0 aliphatic heterocycles. The largest absolute Gasteiger partial charge is 0.481 e. The zero-order chi connectivity index (χ0) is 20.7. The summed E-state index contributed by atoms with van der Waals surface area (Å²) >= 11 is 0. The standard InChI is InChI=1S/C20H35NO6/c1-5-8-14(17(25)27-19(2,3)4)12-20(9-6-7-10-20)18(26)21-15(13-22)11-16(23)24/h14-15,22H,5-13H2,1-4H3,(H,21,26)(H,23,24)/t14-,15-/m0/s1. The molecule has 0 bridgehead atoms. The highest BCUT2D eigenvalue weighted by atomic mass is 16.6. The minimum absolute atomic E-state index is 0.259. The fourth-order valence-corrected chi connectivity index (χ4v) is 3.79. The maximum Gasteiger partial charge on any atom is 0.309 e. The Labute approximate surface area is 161 Å². The summed E-state index contributed by atoms with van der Waals surface area (Å²) in [6, 6.07) is -0.821. The molecule has 0 aromatic carbocycles. The van der Waals surface area contributed by atoms with Crippen LogP contribution in [0.15, 0.2) is 0 Å². The van der Waals surface area contributed by atoms with Crippen LogP contribution in [0.5, 0.6) is 0 Å². The number of carboxylic acids is 1. The third kappa shape index (κ3) is 7.48. The van der Waals surface area contributed by atoms with Crippen molar-refractivity contribution in [1.82, 2.24) is 5.32 Å². The monoisotopic (exact) mass is 385 g/mol. The first-order chi connectivity index (χ1) is 12.5. The number of hydrogen-bond acceptors (Lipinski definition) is 5. The number of aliphatic hydroxyl groups is 1. The number of ether oxygens (including phenoxy) is 1. The topological polar surface area (TPSA) is 113 Å². The quantitative estimate of drug-likeness (QED) is 0.498. The van der Waals surface area contributed by atoms with Gasteiger partial charge in [0.15, 0.2) is 0 Å². The normalized spacial score (nSPS) is 18.6. The van der Waals surface area contributed by atoms with Crippen LogP contribution in [0.25, 0.3) is 0 Å². The Balaban J connectivity index is 2.94. The van der Waals surface area contributed by atoms with Crippen LogP contribution in [0.4, 0.5) is 0 Å². The molecule has 0 aromatic rings. The molecule has 1 rings (SSSR count). The van der Waals surface area contributed by atoms with Crippen molar-refractivity contribution in [3.8, 4) is 0 Å². The van der Waals surface area contributed by atoms with Gasteiger partial charge in [-0.1, -0.05) is 26.2 Å². The van der Waals surface area contributed by atoms with Crippen molar-refractivity contribution >= 4 is 17.8 Å². The van der Waals surface area contributed by atoms with E-state index in [1.54, 1.807) is 0 Å². The van der Waals surface area contributed by atoms with E-state index in [4.69, 9.17) is 9.84 Å². The number of aliphatic hydroxyl groups excluding tert-OH is 1. The van der Waals surface area contributed by atoms with Crippen molar-refractivity contribution in [2.45, 2.75) is 90.7 Å². The first-order valence-electron chi connectivity index (χ1n) is 9.89. The van der Waals surface area contributed by atoms with E-state index in [1.165, 1.54) is 0 Å². The number of nitrogens with one attached hydrogen (secondary N) is 1. The third-order valence-corrected chi connectivity index (χ3v) is 5.03. The number of aliphatic carboxylic acids is 1. The van der Waals surface area contributed by atoms with Crippen LogP contribution < -0.4 is 5.32 Å². The molecule has 3 N–H and O–H groups in total. The van der Waals surface area contributed by atoms with Crippen molar-refractivity contribution in [3.63, 3.8) is 0 Å². The van der Waals surface area contributed by atoms with Gasteiger partial charge in [-0.15, -0.1) is 0 Å². The summed E-state index contributed by atoms with van der Waals surface area (Å²) in [7, 11) is 0. The third-order valence-electron chi connectivity index (χ3n) is 5.03. The summed E-state index contributed by atoms with van der Waals surface area (Å²) in [6.45, 7) is 7.03. The van der Waals surface area contributed by atoms with Gasteiger partial charge in [-0.3, -0.25) is 14.4 Å². The molecule has 1 fully saturated rings. The Morgan fingerprint density at radius 3 is 2.22 bits per heavy atom. The molecule has 0 unspecified atom stereocenters. The number of carboxylic acid groups (broad SMARTS) is 1. The van der Waals surface area contributed by atoms with E-state index in [0.29, 0.717) is 25.7 Å². The van der Waals surface area contributed by atoms with Gasteiger partial charge in [0.1, 0.15) is 5.60 Å². The highest BCUT2D eigenvalue weighted by Gasteiger charge is 2.45.